The van der Waals surface area contributed by atoms with Crippen LogP contribution in [-0.2, 0) is 0 Å². The van der Waals surface area contributed by atoms with Crippen molar-refractivity contribution in [3.63, 3.8) is 0 Å². The summed E-state index contributed by atoms with van der Waals surface area (Å²) in [6.07, 6.45) is 0. The summed E-state index contributed by atoms with van der Waals surface area (Å²) in [5.41, 5.74) is 2.27. The minimum Gasteiger partial charge on any atom is -0.0853 e. The van der Waals surface area contributed by atoms with Crippen LogP contribution in [0, 0.1) is 0 Å². The van der Waals surface area contributed by atoms with E-state index in [-0.39, 0.29) is 5.92 Å². The molecule has 0 saturated carbocycles. The van der Waals surface area contributed by atoms with Gasteiger partial charge in [0, 0.05) is 20.4 Å². The smallest absolute Gasteiger partial charge is 0.0444 e. The Morgan fingerprint density at radius 3 is 1.59 bits per heavy atom. The van der Waals surface area contributed by atoms with Crippen LogP contribution in [-0.4, -0.2) is 4.43 Å². The molecular formula is C14H11Cl2I. The molecule has 0 aliphatic carbocycles. The van der Waals surface area contributed by atoms with Crippen molar-refractivity contribution in [1.82, 2.24) is 0 Å². The quantitative estimate of drug-likeness (QED) is 0.485. The van der Waals surface area contributed by atoms with Crippen LogP contribution in [0.3, 0.4) is 0 Å². The summed E-state index contributed by atoms with van der Waals surface area (Å²) < 4.78 is 0.950. The normalized spacial score (nSPS) is 10.8. The van der Waals surface area contributed by atoms with E-state index in [1.54, 1.807) is 0 Å². The summed E-state index contributed by atoms with van der Waals surface area (Å²) in [4.78, 5) is 0. The lowest BCUT2D eigenvalue weighted by Gasteiger charge is -2.17. The van der Waals surface area contributed by atoms with Gasteiger partial charge in [0.1, 0.15) is 0 Å². The van der Waals surface area contributed by atoms with Gasteiger partial charge in [0.2, 0.25) is 0 Å². The van der Waals surface area contributed by atoms with Crippen molar-refractivity contribution >= 4 is 45.8 Å². The number of benzene rings is 2. The molecule has 3 heteroatoms. The average Bonchev–Trinajstić information content (AvgIpc) is 2.34. The maximum atomic E-state index is 6.25. The first-order chi connectivity index (χ1) is 8.24. The molecule has 2 aromatic carbocycles. The van der Waals surface area contributed by atoms with Crippen molar-refractivity contribution in [3.05, 3.63) is 69.7 Å². The highest BCUT2D eigenvalue weighted by Crippen LogP contribution is 2.35. The van der Waals surface area contributed by atoms with E-state index in [2.05, 4.69) is 34.7 Å². The van der Waals surface area contributed by atoms with E-state index in [1.807, 2.05) is 36.4 Å². The first-order valence-corrected chi connectivity index (χ1v) is 7.57. The van der Waals surface area contributed by atoms with Crippen LogP contribution in [0.5, 0.6) is 0 Å². The van der Waals surface area contributed by atoms with E-state index < -0.39 is 0 Å². The molecule has 0 spiro atoms. The minimum absolute atomic E-state index is 0.248. The second-order valence-corrected chi connectivity index (χ2v) is 5.45. The Hall–Kier alpha value is -0.250. The fraction of sp³-hybridized carbons (Fsp3) is 0.143. The molecule has 0 heterocycles. The van der Waals surface area contributed by atoms with E-state index in [1.165, 1.54) is 0 Å². The van der Waals surface area contributed by atoms with Gasteiger partial charge in [-0.05, 0) is 23.3 Å². The molecule has 2 aromatic rings. The van der Waals surface area contributed by atoms with Crippen molar-refractivity contribution in [3.8, 4) is 0 Å². The summed E-state index contributed by atoms with van der Waals surface area (Å²) in [7, 11) is 0. The Balaban J connectivity index is 2.48. The molecule has 0 nitrogen and oxygen atoms in total. The van der Waals surface area contributed by atoms with Gasteiger partial charge in [-0.1, -0.05) is 82.2 Å². The lowest BCUT2D eigenvalue weighted by atomic mass is 9.93. The molecule has 88 valence electrons. The van der Waals surface area contributed by atoms with Crippen molar-refractivity contribution in [2.24, 2.45) is 0 Å². The van der Waals surface area contributed by atoms with E-state index in [4.69, 9.17) is 23.2 Å². The largest absolute Gasteiger partial charge is 0.0853 e. The Kier molecular flexibility index (Phi) is 4.71. The van der Waals surface area contributed by atoms with Crippen LogP contribution >= 0.6 is 45.8 Å². The number of halogens is 3. The third-order valence-corrected chi connectivity index (χ3v) is 4.28. The predicted octanol–water partition coefficient (Wildman–Crippen LogP) is 5.56. The zero-order chi connectivity index (χ0) is 12.3. The fourth-order valence-corrected chi connectivity index (χ4v) is 3.33. The van der Waals surface area contributed by atoms with Crippen LogP contribution < -0.4 is 0 Å². The van der Waals surface area contributed by atoms with Gasteiger partial charge in [0.25, 0.3) is 0 Å². The zero-order valence-corrected chi connectivity index (χ0v) is 12.7. The van der Waals surface area contributed by atoms with Crippen molar-refractivity contribution in [1.29, 1.82) is 0 Å². The number of hydrogen-bond acceptors (Lipinski definition) is 0. The van der Waals surface area contributed by atoms with Gasteiger partial charge in [-0.15, -0.1) is 0 Å². The topological polar surface area (TPSA) is 0 Å². The summed E-state index contributed by atoms with van der Waals surface area (Å²) >= 11 is 14.9. The number of rotatable bonds is 3. The van der Waals surface area contributed by atoms with Crippen LogP contribution in [0.1, 0.15) is 17.0 Å². The van der Waals surface area contributed by atoms with E-state index >= 15 is 0 Å². The highest BCUT2D eigenvalue weighted by atomic mass is 127. The molecule has 0 bridgehead atoms. The Morgan fingerprint density at radius 2 is 1.24 bits per heavy atom. The molecule has 0 radical (unpaired) electrons. The van der Waals surface area contributed by atoms with Crippen molar-refractivity contribution < 1.29 is 0 Å². The van der Waals surface area contributed by atoms with Gasteiger partial charge >= 0.3 is 0 Å². The Bertz CT molecular complexity index is 466. The predicted molar refractivity (Wildman–Crippen MR) is 83.6 cm³/mol. The summed E-state index contributed by atoms with van der Waals surface area (Å²) in [5.74, 6) is 0.248. The first kappa shape index (κ1) is 13.2. The minimum atomic E-state index is 0.248. The standard InChI is InChI=1S/C14H11Cl2I/c15-13-7-3-1-5-10(13)12(9-17)11-6-2-4-8-14(11)16/h1-8,12H,9H2. The summed E-state index contributed by atoms with van der Waals surface area (Å²) in [6.45, 7) is 0. The van der Waals surface area contributed by atoms with Gasteiger partial charge < -0.3 is 0 Å². The summed E-state index contributed by atoms with van der Waals surface area (Å²) in [5, 5.41) is 1.60. The Labute approximate surface area is 125 Å². The SMILES string of the molecule is Clc1ccccc1C(CI)c1ccccc1Cl. The average molecular weight is 377 g/mol. The zero-order valence-electron chi connectivity index (χ0n) is 9.04. The molecule has 0 fully saturated rings. The number of hydrogen-bond donors (Lipinski definition) is 0. The van der Waals surface area contributed by atoms with E-state index in [9.17, 15) is 0 Å². The van der Waals surface area contributed by atoms with E-state index in [0.29, 0.717) is 0 Å². The highest BCUT2D eigenvalue weighted by molar-refractivity contribution is 14.1. The van der Waals surface area contributed by atoms with Gasteiger partial charge in [0.15, 0.2) is 0 Å². The molecule has 0 atom stereocenters. The second kappa shape index (κ2) is 6.07. The molecule has 0 aromatic heterocycles. The van der Waals surface area contributed by atoms with Crippen LogP contribution in [0.2, 0.25) is 10.0 Å². The molecule has 0 saturated heterocycles. The summed E-state index contributed by atoms with van der Waals surface area (Å²) in [6, 6.07) is 15.9. The third-order valence-electron chi connectivity index (χ3n) is 2.72. The first-order valence-electron chi connectivity index (χ1n) is 5.29. The molecule has 0 aliphatic heterocycles. The van der Waals surface area contributed by atoms with Gasteiger partial charge in [-0.3, -0.25) is 0 Å². The van der Waals surface area contributed by atoms with Crippen LogP contribution in [0.25, 0.3) is 0 Å². The van der Waals surface area contributed by atoms with Crippen LogP contribution in [0.15, 0.2) is 48.5 Å². The van der Waals surface area contributed by atoms with Gasteiger partial charge in [-0.2, -0.15) is 0 Å². The van der Waals surface area contributed by atoms with Gasteiger partial charge in [-0.25, -0.2) is 0 Å². The van der Waals surface area contributed by atoms with Crippen LogP contribution in [0.4, 0.5) is 0 Å². The number of alkyl halides is 1. The maximum absolute atomic E-state index is 6.25. The molecule has 17 heavy (non-hydrogen) atoms. The fourth-order valence-electron chi connectivity index (χ4n) is 1.85. The van der Waals surface area contributed by atoms with Crippen molar-refractivity contribution in [2.75, 3.05) is 4.43 Å². The van der Waals surface area contributed by atoms with Crippen molar-refractivity contribution in [2.45, 2.75) is 5.92 Å². The third kappa shape index (κ3) is 2.95. The second-order valence-electron chi connectivity index (χ2n) is 3.75. The lowest BCUT2D eigenvalue weighted by Crippen LogP contribution is -2.03. The molecule has 2 rings (SSSR count). The van der Waals surface area contributed by atoms with Gasteiger partial charge in [0.05, 0.1) is 0 Å². The van der Waals surface area contributed by atoms with E-state index in [0.717, 1.165) is 25.6 Å². The molecule has 0 N–H and O–H groups in total. The molecular weight excluding hydrogens is 366 g/mol. The lowest BCUT2D eigenvalue weighted by molar-refractivity contribution is 0.953. The highest BCUT2D eigenvalue weighted by Gasteiger charge is 2.17. The maximum Gasteiger partial charge on any atom is 0.0444 e. The molecule has 0 amide bonds. The monoisotopic (exact) mass is 376 g/mol. The molecule has 0 unspecified atom stereocenters. The molecule has 0 aliphatic rings. The Morgan fingerprint density at radius 1 is 0.824 bits per heavy atom.